The Hall–Kier alpha value is -4.30. The standard InChI is InChI=1S/C30H34N2O6/c1-21(2)38-26-11-7-23(8-12-26)20-28(30(35)31-16-17-33)32-29(34)24-9-13-25(14-10-24)37-18-15-22-5-4-6-27(19-22)36-3/h4-14,19-21,33H,15-18H2,1-3H3,(H,31,35)(H,32,34)/b28-20+. The van der Waals surface area contributed by atoms with E-state index in [9.17, 15) is 9.59 Å². The molecule has 0 aromatic heterocycles. The van der Waals surface area contributed by atoms with Crippen LogP contribution in [0.2, 0.25) is 0 Å². The molecule has 0 unspecified atom stereocenters. The van der Waals surface area contributed by atoms with Crippen molar-refractivity contribution >= 4 is 17.9 Å². The number of carbonyl (C=O) groups is 2. The van der Waals surface area contributed by atoms with E-state index in [-0.39, 0.29) is 25.0 Å². The number of ether oxygens (including phenoxy) is 3. The molecule has 8 heteroatoms. The van der Waals surface area contributed by atoms with Crippen LogP contribution in [0.3, 0.4) is 0 Å². The Balaban J connectivity index is 1.64. The van der Waals surface area contributed by atoms with Crippen LogP contribution in [0.4, 0.5) is 0 Å². The van der Waals surface area contributed by atoms with Gasteiger partial charge < -0.3 is 30.0 Å². The highest BCUT2D eigenvalue weighted by Gasteiger charge is 2.15. The van der Waals surface area contributed by atoms with Crippen LogP contribution in [0.5, 0.6) is 17.2 Å². The van der Waals surface area contributed by atoms with Crippen LogP contribution in [-0.4, -0.2) is 49.9 Å². The molecule has 200 valence electrons. The fraction of sp³-hybridized carbons (Fsp3) is 0.267. The Bertz CT molecular complexity index is 1220. The molecule has 0 fully saturated rings. The summed E-state index contributed by atoms with van der Waals surface area (Å²) in [6.45, 7) is 4.20. The van der Waals surface area contributed by atoms with Gasteiger partial charge in [-0.3, -0.25) is 9.59 Å². The van der Waals surface area contributed by atoms with Gasteiger partial charge in [0.05, 0.1) is 26.4 Å². The molecule has 0 aliphatic carbocycles. The monoisotopic (exact) mass is 518 g/mol. The maximum atomic E-state index is 12.9. The van der Waals surface area contributed by atoms with Gasteiger partial charge in [0.25, 0.3) is 11.8 Å². The van der Waals surface area contributed by atoms with Gasteiger partial charge in [0.1, 0.15) is 22.9 Å². The number of aliphatic hydroxyl groups excluding tert-OH is 1. The van der Waals surface area contributed by atoms with Crippen molar-refractivity contribution in [3.05, 3.63) is 95.2 Å². The highest BCUT2D eigenvalue weighted by Crippen LogP contribution is 2.17. The van der Waals surface area contributed by atoms with Gasteiger partial charge in [0.15, 0.2) is 0 Å². The lowest BCUT2D eigenvalue weighted by Crippen LogP contribution is -2.36. The fourth-order valence-electron chi connectivity index (χ4n) is 3.52. The number of nitrogens with one attached hydrogen (secondary N) is 2. The van der Waals surface area contributed by atoms with E-state index in [4.69, 9.17) is 19.3 Å². The number of hydrogen-bond acceptors (Lipinski definition) is 6. The minimum atomic E-state index is -0.507. The Morgan fingerprint density at radius 3 is 2.32 bits per heavy atom. The van der Waals surface area contributed by atoms with Crippen molar-refractivity contribution < 1.29 is 28.9 Å². The molecule has 0 radical (unpaired) electrons. The first-order valence-electron chi connectivity index (χ1n) is 12.4. The first kappa shape index (κ1) is 28.3. The molecule has 2 amide bonds. The third-order valence-electron chi connectivity index (χ3n) is 5.36. The summed E-state index contributed by atoms with van der Waals surface area (Å²) < 4.78 is 16.7. The van der Waals surface area contributed by atoms with Crippen molar-refractivity contribution in [1.29, 1.82) is 0 Å². The van der Waals surface area contributed by atoms with Crippen molar-refractivity contribution in [3.63, 3.8) is 0 Å². The Labute approximate surface area is 223 Å². The average Bonchev–Trinajstić information content (AvgIpc) is 2.92. The summed E-state index contributed by atoms with van der Waals surface area (Å²) in [6.07, 6.45) is 2.32. The Kier molecular flexibility index (Phi) is 10.7. The number of hydrogen-bond donors (Lipinski definition) is 3. The van der Waals surface area contributed by atoms with Crippen LogP contribution in [0.1, 0.15) is 35.3 Å². The molecule has 8 nitrogen and oxygen atoms in total. The van der Waals surface area contributed by atoms with Crippen LogP contribution in [0.25, 0.3) is 6.08 Å². The Morgan fingerprint density at radius 1 is 0.947 bits per heavy atom. The second-order valence-electron chi connectivity index (χ2n) is 8.70. The maximum Gasteiger partial charge on any atom is 0.267 e. The molecule has 0 heterocycles. The first-order chi connectivity index (χ1) is 18.4. The zero-order chi connectivity index (χ0) is 27.3. The zero-order valence-corrected chi connectivity index (χ0v) is 21.9. The molecule has 0 bridgehead atoms. The summed E-state index contributed by atoms with van der Waals surface area (Å²) in [6, 6.07) is 21.7. The van der Waals surface area contributed by atoms with Gasteiger partial charge in [0.2, 0.25) is 0 Å². The number of rotatable bonds is 13. The van der Waals surface area contributed by atoms with Gasteiger partial charge >= 0.3 is 0 Å². The zero-order valence-electron chi connectivity index (χ0n) is 21.9. The van der Waals surface area contributed by atoms with E-state index >= 15 is 0 Å². The molecular weight excluding hydrogens is 484 g/mol. The normalized spacial score (nSPS) is 11.1. The Morgan fingerprint density at radius 2 is 1.66 bits per heavy atom. The molecule has 3 N–H and O–H groups in total. The summed E-state index contributed by atoms with van der Waals surface area (Å²) in [5.74, 6) is 1.18. The minimum Gasteiger partial charge on any atom is -0.497 e. The van der Waals surface area contributed by atoms with E-state index in [0.29, 0.717) is 35.7 Å². The van der Waals surface area contributed by atoms with Crippen molar-refractivity contribution in [3.8, 4) is 17.2 Å². The fourth-order valence-corrected chi connectivity index (χ4v) is 3.52. The summed E-state index contributed by atoms with van der Waals surface area (Å²) in [4.78, 5) is 25.6. The molecule has 0 saturated carbocycles. The lowest BCUT2D eigenvalue weighted by molar-refractivity contribution is -0.117. The van der Waals surface area contributed by atoms with E-state index in [2.05, 4.69) is 10.6 Å². The molecule has 0 saturated heterocycles. The summed E-state index contributed by atoms with van der Waals surface area (Å²) in [5.41, 5.74) is 2.22. The van der Waals surface area contributed by atoms with Gasteiger partial charge in [-0.25, -0.2) is 0 Å². The second-order valence-corrected chi connectivity index (χ2v) is 8.70. The van der Waals surface area contributed by atoms with E-state index < -0.39 is 11.8 Å². The molecule has 3 rings (SSSR count). The largest absolute Gasteiger partial charge is 0.497 e. The van der Waals surface area contributed by atoms with E-state index in [0.717, 1.165) is 11.3 Å². The number of carbonyl (C=O) groups excluding carboxylic acids is 2. The molecule has 3 aromatic rings. The SMILES string of the molecule is COc1cccc(CCOc2ccc(C(=O)N/C(=C/c3ccc(OC(C)C)cc3)C(=O)NCCO)cc2)c1. The lowest BCUT2D eigenvalue weighted by Gasteiger charge is -2.12. The summed E-state index contributed by atoms with van der Waals surface area (Å²) in [7, 11) is 1.63. The van der Waals surface area contributed by atoms with Crippen molar-refractivity contribution in [1.82, 2.24) is 10.6 Å². The lowest BCUT2D eigenvalue weighted by atomic mass is 10.1. The average molecular weight is 519 g/mol. The van der Waals surface area contributed by atoms with E-state index in [1.165, 1.54) is 0 Å². The van der Waals surface area contributed by atoms with Crippen LogP contribution < -0.4 is 24.8 Å². The number of benzene rings is 3. The minimum absolute atomic E-state index is 0.0419. The van der Waals surface area contributed by atoms with E-state index in [1.807, 2.05) is 38.1 Å². The topological polar surface area (TPSA) is 106 Å². The smallest absolute Gasteiger partial charge is 0.267 e. The quantitative estimate of drug-likeness (QED) is 0.296. The number of methoxy groups -OCH3 is 1. The van der Waals surface area contributed by atoms with Crippen LogP contribution >= 0.6 is 0 Å². The van der Waals surface area contributed by atoms with Gasteiger partial charge in [-0.05, 0) is 79.6 Å². The highest BCUT2D eigenvalue weighted by molar-refractivity contribution is 6.05. The van der Waals surface area contributed by atoms with Crippen LogP contribution in [0.15, 0.2) is 78.5 Å². The molecule has 0 aliphatic heterocycles. The van der Waals surface area contributed by atoms with E-state index in [1.54, 1.807) is 61.7 Å². The first-order valence-corrected chi connectivity index (χ1v) is 12.4. The van der Waals surface area contributed by atoms with Gasteiger partial charge in [-0.15, -0.1) is 0 Å². The molecular formula is C30H34N2O6. The maximum absolute atomic E-state index is 12.9. The van der Waals surface area contributed by atoms with Crippen molar-refractivity contribution in [2.75, 3.05) is 26.9 Å². The van der Waals surface area contributed by atoms with Crippen molar-refractivity contribution in [2.45, 2.75) is 26.4 Å². The third-order valence-corrected chi connectivity index (χ3v) is 5.36. The summed E-state index contributed by atoms with van der Waals surface area (Å²) >= 11 is 0. The number of aliphatic hydroxyl groups is 1. The predicted molar refractivity (Wildman–Crippen MR) is 146 cm³/mol. The molecule has 0 atom stereocenters. The van der Waals surface area contributed by atoms with Gasteiger partial charge in [-0.1, -0.05) is 24.3 Å². The van der Waals surface area contributed by atoms with Crippen LogP contribution in [0, 0.1) is 0 Å². The third kappa shape index (κ3) is 8.97. The highest BCUT2D eigenvalue weighted by atomic mass is 16.5. The molecule has 3 aromatic carbocycles. The van der Waals surface area contributed by atoms with Gasteiger partial charge in [-0.2, -0.15) is 0 Å². The molecule has 38 heavy (non-hydrogen) atoms. The molecule has 0 aliphatic rings. The van der Waals surface area contributed by atoms with Crippen LogP contribution in [-0.2, 0) is 11.2 Å². The van der Waals surface area contributed by atoms with Gasteiger partial charge in [0, 0.05) is 18.5 Å². The van der Waals surface area contributed by atoms with Crippen molar-refractivity contribution in [2.24, 2.45) is 0 Å². The second kappa shape index (κ2) is 14.4. The molecule has 0 spiro atoms. The number of amides is 2. The summed E-state index contributed by atoms with van der Waals surface area (Å²) in [5, 5.41) is 14.3. The predicted octanol–water partition coefficient (Wildman–Crippen LogP) is 3.98.